The second kappa shape index (κ2) is 6.26. The Kier molecular flexibility index (Phi) is 4.10. The molecular weight excluding hydrogens is 344 g/mol. The Balaban J connectivity index is 1.56. The fraction of sp³-hybridized carbons (Fsp3) is 0.353. The number of nitrogens with zero attached hydrogens (tertiary/aromatic N) is 3. The molecule has 1 aromatic carbocycles. The van der Waals surface area contributed by atoms with E-state index in [2.05, 4.69) is 21.5 Å². The lowest BCUT2D eigenvalue weighted by Gasteiger charge is -2.33. The number of hydrogen-bond donors (Lipinski definition) is 1. The third-order valence-electron chi connectivity index (χ3n) is 4.49. The summed E-state index contributed by atoms with van der Waals surface area (Å²) in [6.07, 6.45) is 3.52. The summed E-state index contributed by atoms with van der Waals surface area (Å²) in [5.41, 5.74) is 2.03. The van der Waals surface area contributed by atoms with Crippen LogP contribution in [0.2, 0.25) is 5.02 Å². The van der Waals surface area contributed by atoms with E-state index in [9.17, 15) is 4.79 Å². The van der Waals surface area contributed by atoms with Crippen LogP contribution in [-0.4, -0.2) is 20.5 Å². The van der Waals surface area contributed by atoms with Crippen LogP contribution in [0, 0.1) is 5.92 Å². The van der Waals surface area contributed by atoms with Crippen LogP contribution < -0.4 is 5.32 Å². The fourth-order valence-corrected chi connectivity index (χ4v) is 4.36. The van der Waals surface area contributed by atoms with E-state index in [1.165, 1.54) is 0 Å². The number of halogens is 1. The van der Waals surface area contributed by atoms with Crippen molar-refractivity contribution in [1.29, 1.82) is 0 Å². The van der Waals surface area contributed by atoms with E-state index in [1.54, 1.807) is 11.8 Å². The standard InChI is InChI=1S/C17H17ClN4OS/c1-10-15-13(7-4-8-14(15)23)19-16-20-17(21-22(10)16)24-9-11-5-2-3-6-12(11)18/h2-3,5-7,10,15H,4,8-9H2,1H3,(H,19,20,21)/t10-,15-/m0/s1. The van der Waals surface area contributed by atoms with E-state index in [-0.39, 0.29) is 17.7 Å². The maximum absolute atomic E-state index is 12.2. The van der Waals surface area contributed by atoms with Gasteiger partial charge in [0.05, 0.1) is 12.0 Å². The lowest BCUT2D eigenvalue weighted by Crippen LogP contribution is -2.36. The number of carbonyl (C=O) groups excluding carboxylic acids is 1. The lowest BCUT2D eigenvalue weighted by molar-refractivity contribution is -0.123. The Bertz CT molecular complexity index is 832. The molecule has 2 aromatic rings. The number of benzene rings is 1. The van der Waals surface area contributed by atoms with E-state index in [1.807, 2.05) is 35.9 Å². The molecule has 24 heavy (non-hydrogen) atoms. The predicted octanol–water partition coefficient (Wildman–Crippen LogP) is 4.07. The van der Waals surface area contributed by atoms with E-state index < -0.39 is 0 Å². The number of nitrogens with one attached hydrogen (secondary N) is 1. The van der Waals surface area contributed by atoms with E-state index in [0.717, 1.165) is 22.7 Å². The van der Waals surface area contributed by atoms with E-state index in [4.69, 9.17) is 11.6 Å². The van der Waals surface area contributed by atoms with Crippen LogP contribution in [0.15, 0.2) is 41.2 Å². The van der Waals surface area contributed by atoms with Gasteiger partial charge in [-0.1, -0.05) is 47.6 Å². The number of fused-ring (bicyclic) bond motifs is 2. The first-order valence-electron chi connectivity index (χ1n) is 7.96. The van der Waals surface area contributed by atoms with Gasteiger partial charge in [0, 0.05) is 22.9 Å². The van der Waals surface area contributed by atoms with Crippen LogP contribution in [0.25, 0.3) is 0 Å². The molecule has 1 aliphatic heterocycles. The van der Waals surface area contributed by atoms with Crippen molar-refractivity contribution in [3.8, 4) is 0 Å². The summed E-state index contributed by atoms with van der Waals surface area (Å²) >= 11 is 7.74. The number of Topliss-reactive ketones (excluding diaryl/α,β-unsaturated/α-hetero) is 1. The molecule has 2 atom stereocenters. The van der Waals surface area contributed by atoms with Crippen molar-refractivity contribution in [1.82, 2.24) is 14.8 Å². The van der Waals surface area contributed by atoms with Gasteiger partial charge in [-0.25, -0.2) is 4.68 Å². The topological polar surface area (TPSA) is 59.8 Å². The van der Waals surface area contributed by atoms with Crippen molar-refractivity contribution in [3.05, 3.63) is 46.6 Å². The molecule has 0 amide bonds. The van der Waals surface area contributed by atoms with Crippen molar-refractivity contribution in [2.75, 3.05) is 5.32 Å². The summed E-state index contributed by atoms with van der Waals surface area (Å²) in [5.74, 6) is 1.57. The van der Waals surface area contributed by atoms with Crippen LogP contribution in [0.5, 0.6) is 0 Å². The normalized spacial score (nSPS) is 22.4. The number of ketones is 1. The molecular formula is C17H17ClN4OS. The summed E-state index contributed by atoms with van der Waals surface area (Å²) in [5, 5.41) is 9.31. The minimum atomic E-state index is -0.130. The summed E-state index contributed by atoms with van der Waals surface area (Å²) < 4.78 is 1.83. The first-order valence-corrected chi connectivity index (χ1v) is 9.32. The first-order chi connectivity index (χ1) is 11.6. The molecule has 0 spiro atoms. The van der Waals surface area contributed by atoms with Crippen LogP contribution >= 0.6 is 23.4 Å². The fourth-order valence-electron chi connectivity index (χ4n) is 3.25. The molecule has 0 unspecified atom stereocenters. The van der Waals surface area contributed by atoms with Crippen molar-refractivity contribution in [3.63, 3.8) is 0 Å². The second-order valence-corrected chi connectivity index (χ2v) is 7.40. The molecule has 1 aromatic heterocycles. The smallest absolute Gasteiger partial charge is 0.226 e. The summed E-state index contributed by atoms with van der Waals surface area (Å²) in [6, 6.07) is 7.77. The third-order valence-corrected chi connectivity index (χ3v) is 5.74. The second-order valence-electron chi connectivity index (χ2n) is 6.05. The Labute approximate surface area is 149 Å². The van der Waals surface area contributed by atoms with Crippen LogP contribution in [0.3, 0.4) is 0 Å². The number of thioether (sulfide) groups is 1. The summed E-state index contributed by atoms with van der Waals surface area (Å²) in [6.45, 7) is 2.03. The summed E-state index contributed by atoms with van der Waals surface area (Å²) in [4.78, 5) is 16.8. The third kappa shape index (κ3) is 2.74. The highest BCUT2D eigenvalue weighted by molar-refractivity contribution is 7.98. The van der Waals surface area contributed by atoms with Gasteiger partial charge in [0.25, 0.3) is 0 Å². The molecule has 7 heteroatoms. The number of carbonyl (C=O) groups is 1. The zero-order valence-corrected chi connectivity index (χ0v) is 14.8. The molecule has 5 nitrogen and oxygen atoms in total. The maximum Gasteiger partial charge on any atom is 0.226 e. The Hall–Kier alpha value is -1.79. The number of hydrogen-bond acceptors (Lipinski definition) is 5. The molecule has 0 bridgehead atoms. The molecule has 4 rings (SSSR count). The molecule has 0 fully saturated rings. The molecule has 0 saturated heterocycles. The molecule has 2 heterocycles. The van der Waals surface area contributed by atoms with Gasteiger partial charge in [-0.2, -0.15) is 4.98 Å². The van der Waals surface area contributed by atoms with Gasteiger partial charge in [-0.3, -0.25) is 4.79 Å². The van der Waals surface area contributed by atoms with Gasteiger partial charge in [-0.15, -0.1) is 5.10 Å². The van der Waals surface area contributed by atoms with Gasteiger partial charge in [0.1, 0.15) is 5.78 Å². The van der Waals surface area contributed by atoms with Crippen LogP contribution in [0.4, 0.5) is 5.95 Å². The number of allylic oxidation sites excluding steroid dienone is 2. The average molecular weight is 361 g/mol. The van der Waals surface area contributed by atoms with E-state index in [0.29, 0.717) is 23.3 Å². The highest BCUT2D eigenvalue weighted by Gasteiger charge is 2.38. The molecule has 0 radical (unpaired) electrons. The van der Waals surface area contributed by atoms with Gasteiger partial charge in [0.2, 0.25) is 11.1 Å². The van der Waals surface area contributed by atoms with Crippen molar-refractivity contribution >= 4 is 35.1 Å². The Morgan fingerprint density at radius 2 is 2.25 bits per heavy atom. The molecule has 1 N–H and O–H groups in total. The predicted molar refractivity (Wildman–Crippen MR) is 95.2 cm³/mol. The highest BCUT2D eigenvalue weighted by Crippen LogP contribution is 2.38. The SMILES string of the molecule is C[C@H]1[C@@H]2C(=O)CCC=C2Nc2nc(SCc3ccccc3Cl)nn21. The van der Waals surface area contributed by atoms with Gasteiger partial charge in [-0.05, 0) is 25.0 Å². The quantitative estimate of drug-likeness (QED) is 0.836. The molecule has 2 aliphatic rings. The number of aromatic nitrogens is 3. The minimum absolute atomic E-state index is 0.0116. The van der Waals surface area contributed by atoms with Crippen LogP contribution in [-0.2, 0) is 10.5 Å². The Morgan fingerprint density at radius 3 is 3.08 bits per heavy atom. The average Bonchev–Trinajstić information content (AvgIpc) is 2.97. The molecule has 124 valence electrons. The minimum Gasteiger partial charge on any atom is -0.328 e. The van der Waals surface area contributed by atoms with Crippen molar-refractivity contribution in [2.24, 2.45) is 5.92 Å². The van der Waals surface area contributed by atoms with Crippen molar-refractivity contribution < 1.29 is 4.79 Å². The van der Waals surface area contributed by atoms with Gasteiger partial charge in [0.15, 0.2) is 0 Å². The van der Waals surface area contributed by atoms with E-state index >= 15 is 0 Å². The first kappa shape index (κ1) is 15.7. The maximum atomic E-state index is 12.2. The summed E-state index contributed by atoms with van der Waals surface area (Å²) in [7, 11) is 0. The molecule has 1 aliphatic carbocycles. The zero-order valence-electron chi connectivity index (χ0n) is 13.2. The number of rotatable bonds is 3. The highest BCUT2D eigenvalue weighted by atomic mass is 35.5. The van der Waals surface area contributed by atoms with Gasteiger partial charge >= 0.3 is 0 Å². The lowest BCUT2D eigenvalue weighted by atomic mass is 9.84. The van der Waals surface area contributed by atoms with Crippen LogP contribution in [0.1, 0.15) is 31.4 Å². The monoisotopic (exact) mass is 360 g/mol. The largest absolute Gasteiger partial charge is 0.328 e. The zero-order chi connectivity index (χ0) is 16.7. The Morgan fingerprint density at radius 1 is 1.42 bits per heavy atom. The molecule has 0 saturated carbocycles. The van der Waals surface area contributed by atoms with Gasteiger partial charge < -0.3 is 5.32 Å². The van der Waals surface area contributed by atoms with Crippen molar-refractivity contribution in [2.45, 2.75) is 36.7 Å². The number of anilines is 1.